The summed E-state index contributed by atoms with van der Waals surface area (Å²) in [5, 5.41) is 28.2. The fraction of sp³-hybridized carbons (Fsp3) is 1.00. The van der Waals surface area contributed by atoms with Gasteiger partial charge in [0, 0.05) is 41.1 Å². The van der Waals surface area contributed by atoms with Crippen LogP contribution in [0.4, 0.5) is 0 Å². The van der Waals surface area contributed by atoms with Crippen molar-refractivity contribution in [2.24, 2.45) is 0 Å². The molecule has 0 spiro atoms. The van der Waals surface area contributed by atoms with Gasteiger partial charge in [-0.2, -0.15) is 0 Å². The number of unbranched alkanes of at least 4 members (excludes halogenated alkanes) is 4. The van der Waals surface area contributed by atoms with Gasteiger partial charge in [0.1, 0.15) is 6.23 Å². The molecule has 4 N–H and O–H groups in total. The summed E-state index contributed by atoms with van der Waals surface area (Å²) in [5.41, 5.74) is 0. The Kier molecular flexibility index (Phi) is 106. The van der Waals surface area contributed by atoms with Crippen molar-refractivity contribution in [2.75, 3.05) is 101 Å². The van der Waals surface area contributed by atoms with E-state index in [0.717, 1.165) is 25.9 Å². The van der Waals surface area contributed by atoms with Crippen LogP contribution in [0.2, 0.25) is 0 Å². The molecule has 0 saturated heterocycles. The third-order valence-corrected chi connectivity index (χ3v) is 4.32. The number of hydrogen-bond donors (Lipinski definition) is 4. The van der Waals surface area contributed by atoms with Crippen molar-refractivity contribution < 1.29 is 43.7 Å². The van der Waals surface area contributed by atoms with Crippen molar-refractivity contribution >= 4 is 0 Å². The first-order valence-corrected chi connectivity index (χ1v) is 16.8. The van der Waals surface area contributed by atoms with Crippen LogP contribution in [0.1, 0.15) is 114 Å². The maximum absolute atomic E-state index is 9.07. The van der Waals surface area contributed by atoms with Gasteiger partial charge in [-0.3, -0.25) is 5.32 Å². The minimum atomic E-state index is -0.406. The van der Waals surface area contributed by atoms with Gasteiger partial charge in [-0.1, -0.05) is 94.4 Å². The van der Waals surface area contributed by atoms with E-state index in [1.54, 1.807) is 21.3 Å². The molecule has 10 heteroatoms. The summed E-state index contributed by atoms with van der Waals surface area (Å²) in [6, 6.07) is 0. The first kappa shape index (κ1) is 58.2. The maximum Gasteiger partial charge on any atom is 0.104 e. The van der Waals surface area contributed by atoms with Gasteiger partial charge in [-0.05, 0) is 19.3 Å². The minimum Gasteiger partial charge on any atom is -0.396 e. The number of ether oxygens (including phenoxy) is 6. The van der Waals surface area contributed by atoms with Gasteiger partial charge in [0.25, 0.3) is 0 Å². The smallest absolute Gasteiger partial charge is 0.104 e. The molecule has 0 aliphatic heterocycles. The molecule has 1 atom stereocenters. The molecule has 0 aliphatic rings. The standard InChI is InChI=1S/C8H19NO3.C7H16O4.C7H16.C4H10O.C3H8O.2C2H6/c1-3-8(10)9-4-5-12-7-6-11-2;1-9-4-5-11-7-6-10-3-2-8;1-3-5-7-6-4-2;1-3-4-5-2;1-2-3-4;2*1-2/h8-10H,3-7H2,1-2H3;8H,2-7H2,1H3;3-7H2,1-2H3;3-4H2,1-2H3;4H,2-3H2,1H3;2*1-2H3. The van der Waals surface area contributed by atoms with Crippen LogP contribution in [0.5, 0.6) is 0 Å². The van der Waals surface area contributed by atoms with Gasteiger partial charge in [-0.25, -0.2) is 0 Å². The number of aliphatic hydroxyl groups is 3. The Hall–Kier alpha value is -0.400. The Morgan fingerprint density at radius 1 is 0.488 bits per heavy atom. The van der Waals surface area contributed by atoms with Crippen LogP contribution in [0, 0.1) is 0 Å². The van der Waals surface area contributed by atoms with E-state index in [9.17, 15) is 0 Å². The number of rotatable bonds is 23. The summed E-state index contributed by atoms with van der Waals surface area (Å²) >= 11 is 0. The lowest BCUT2D eigenvalue weighted by atomic mass is 10.2. The van der Waals surface area contributed by atoms with Crippen LogP contribution >= 0.6 is 0 Å². The highest BCUT2D eigenvalue weighted by atomic mass is 16.5. The molecule has 0 saturated carbocycles. The molecule has 0 fully saturated rings. The molecule has 0 aromatic carbocycles. The highest BCUT2D eigenvalue weighted by Gasteiger charge is 1.96. The third-order valence-electron chi connectivity index (χ3n) is 4.32. The largest absolute Gasteiger partial charge is 0.396 e. The first-order valence-electron chi connectivity index (χ1n) is 16.8. The third kappa shape index (κ3) is 108. The predicted octanol–water partition coefficient (Wildman–Crippen LogP) is 6.09. The molecular weight excluding hydrogens is 554 g/mol. The topological polar surface area (TPSA) is 128 Å². The number of methoxy groups -OCH3 is 3. The van der Waals surface area contributed by atoms with Gasteiger partial charge >= 0.3 is 0 Å². The van der Waals surface area contributed by atoms with Crippen molar-refractivity contribution in [2.45, 2.75) is 120 Å². The highest BCUT2D eigenvalue weighted by Crippen LogP contribution is 2.00. The normalized spacial score (nSPS) is 9.84. The van der Waals surface area contributed by atoms with Crippen molar-refractivity contribution in [3.63, 3.8) is 0 Å². The average Bonchev–Trinajstić information content (AvgIpc) is 3.05. The summed E-state index contributed by atoms with van der Waals surface area (Å²) in [4.78, 5) is 0. The van der Waals surface area contributed by atoms with Gasteiger partial charge in [0.05, 0.1) is 59.5 Å². The number of hydrogen-bond acceptors (Lipinski definition) is 10. The second-order valence-corrected chi connectivity index (χ2v) is 8.20. The zero-order valence-electron chi connectivity index (χ0n) is 31.0. The molecular formula is C33H81NO9. The van der Waals surface area contributed by atoms with Crippen LogP contribution in [0.25, 0.3) is 0 Å². The fourth-order valence-corrected chi connectivity index (χ4v) is 2.10. The van der Waals surface area contributed by atoms with Crippen LogP contribution in [0.15, 0.2) is 0 Å². The van der Waals surface area contributed by atoms with E-state index in [1.165, 1.54) is 32.1 Å². The van der Waals surface area contributed by atoms with Crippen molar-refractivity contribution in [1.82, 2.24) is 5.32 Å². The molecule has 10 nitrogen and oxygen atoms in total. The number of nitrogens with one attached hydrogen (secondary N) is 1. The second kappa shape index (κ2) is 78.3. The van der Waals surface area contributed by atoms with E-state index in [2.05, 4.69) is 26.1 Å². The Labute approximate surface area is 269 Å². The fourth-order valence-electron chi connectivity index (χ4n) is 2.10. The average molecular weight is 636 g/mol. The number of aliphatic hydroxyl groups excluding tert-OH is 3. The highest BCUT2D eigenvalue weighted by molar-refractivity contribution is 4.48. The van der Waals surface area contributed by atoms with Crippen LogP contribution in [-0.2, 0) is 28.4 Å². The van der Waals surface area contributed by atoms with Crippen molar-refractivity contribution in [3.05, 3.63) is 0 Å². The summed E-state index contributed by atoms with van der Waals surface area (Å²) in [7, 11) is 4.98. The zero-order chi connectivity index (χ0) is 34.7. The van der Waals surface area contributed by atoms with Crippen molar-refractivity contribution in [1.29, 1.82) is 0 Å². The summed E-state index contributed by atoms with van der Waals surface area (Å²) < 4.78 is 29.5. The molecule has 0 rings (SSSR count). The van der Waals surface area contributed by atoms with E-state index in [1.807, 2.05) is 41.5 Å². The van der Waals surface area contributed by atoms with E-state index < -0.39 is 6.23 Å². The minimum absolute atomic E-state index is 0.0675. The van der Waals surface area contributed by atoms with E-state index in [-0.39, 0.29) is 6.61 Å². The molecule has 0 aliphatic carbocycles. The maximum atomic E-state index is 9.07. The lowest BCUT2D eigenvalue weighted by Gasteiger charge is -2.09. The quantitative estimate of drug-likeness (QED) is 0.0774. The molecule has 0 aromatic heterocycles. The molecule has 0 bridgehead atoms. The predicted molar refractivity (Wildman–Crippen MR) is 184 cm³/mol. The summed E-state index contributed by atoms with van der Waals surface area (Å²) in [5.74, 6) is 0. The summed E-state index contributed by atoms with van der Waals surface area (Å²) in [6.07, 6.45) is 9.32. The Morgan fingerprint density at radius 3 is 1.19 bits per heavy atom. The van der Waals surface area contributed by atoms with Crippen LogP contribution in [0.3, 0.4) is 0 Å². The lowest BCUT2D eigenvalue weighted by Crippen LogP contribution is -2.31. The van der Waals surface area contributed by atoms with E-state index >= 15 is 0 Å². The molecule has 0 heterocycles. The molecule has 43 heavy (non-hydrogen) atoms. The van der Waals surface area contributed by atoms with Crippen LogP contribution in [-0.4, -0.2) is 122 Å². The van der Waals surface area contributed by atoms with E-state index in [4.69, 9.17) is 43.7 Å². The molecule has 0 radical (unpaired) electrons. The molecule has 0 amide bonds. The monoisotopic (exact) mass is 636 g/mol. The van der Waals surface area contributed by atoms with Crippen molar-refractivity contribution in [3.8, 4) is 0 Å². The molecule has 0 aromatic rings. The Bertz CT molecular complexity index is 317. The second-order valence-electron chi connectivity index (χ2n) is 8.20. The Morgan fingerprint density at radius 2 is 0.884 bits per heavy atom. The first-order chi connectivity index (χ1) is 21.0. The zero-order valence-corrected chi connectivity index (χ0v) is 31.0. The van der Waals surface area contributed by atoms with Gasteiger partial charge in [0.15, 0.2) is 0 Å². The van der Waals surface area contributed by atoms with Gasteiger partial charge in [-0.15, -0.1) is 0 Å². The summed E-state index contributed by atoms with van der Waals surface area (Å²) in [6.45, 7) is 24.9. The van der Waals surface area contributed by atoms with Crippen LogP contribution < -0.4 is 5.32 Å². The Balaban J connectivity index is -0.0000000767. The SMILES string of the molecule is CC.CC.CCC(O)NCCOCCOC.CCCCCCC.CCCO.CCCOC.COCCOCCOCCO. The van der Waals surface area contributed by atoms with Gasteiger partial charge in [0.2, 0.25) is 0 Å². The molecule has 272 valence electrons. The molecule has 1 unspecified atom stereocenters. The van der Waals surface area contributed by atoms with E-state index in [0.29, 0.717) is 66.0 Å². The lowest BCUT2D eigenvalue weighted by molar-refractivity contribution is 0.0159. The van der Waals surface area contributed by atoms with Gasteiger partial charge < -0.3 is 43.7 Å².